The van der Waals surface area contributed by atoms with E-state index in [-0.39, 0.29) is 6.61 Å². The van der Waals surface area contributed by atoms with Crippen molar-refractivity contribution in [3.8, 4) is 0 Å². The molecule has 1 N–H and O–H groups in total. The Hall–Kier alpha value is -0.800. The van der Waals surface area contributed by atoms with Crippen LogP contribution in [-0.2, 0) is 24.4 Å². The zero-order valence-corrected chi connectivity index (χ0v) is 11.1. The van der Waals surface area contributed by atoms with E-state index in [9.17, 15) is 22.0 Å². The van der Waals surface area contributed by atoms with Crippen molar-refractivity contribution in [1.29, 1.82) is 0 Å². The predicted octanol–water partition coefficient (Wildman–Crippen LogP) is 1.07. The lowest BCUT2D eigenvalue weighted by molar-refractivity contribution is -0.158. The van der Waals surface area contributed by atoms with Crippen LogP contribution in [0.1, 0.15) is 20.8 Å². The molecule has 0 atom stereocenters. The molecule has 0 saturated carbocycles. The molecule has 0 unspecified atom stereocenters. The van der Waals surface area contributed by atoms with E-state index in [1.54, 1.807) is 6.92 Å². The summed E-state index contributed by atoms with van der Waals surface area (Å²) < 4.78 is 63.5. The average molecular weight is 290 g/mol. The molecule has 0 aliphatic rings. The average Bonchev–Trinajstić information content (AvgIpc) is 2.15. The Labute approximate surface area is 104 Å². The minimum Gasteiger partial charge on any atom is -0.466 e. The molecule has 0 bridgehead atoms. The SMILES string of the molecule is CCOC(=O)C(C)(C)COCC(F)(F)S(=O)(=O)O. The Morgan fingerprint density at radius 1 is 1.28 bits per heavy atom. The van der Waals surface area contributed by atoms with Gasteiger partial charge in [-0.15, -0.1) is 0 Å². The van der Waals surface area contributed by atoms with Crippen LogP contribution in [0.4, 0.5) is 8.78 Å². The number of hydrogen-bond donors (Lipinski definition) is 1. The van der Waals surface area contributed by atoms with Gasteiger partial charge in [0.05, 0.1) is 18.6 Å². The molecule has 6 nitrogen and oxygen atoms in total. The van der Waals surface area contributed by atoms with Gasteiger partial charge in [-0.1, -0.05) is 0 Å². The molecule has 0 aromatic carbocycles. The van der Waals surface area contributed by atoms with Gasteiger partial charge in [0.1, 0.15) is 6.61 Å². The molecular formula is C9H16F2O6S. The fourth-order valence-electron chi connectivity index (χ4n) is 0.885. The lowest BCUT2D eigenvalue weighted by Crippen LogP contribution is -2.37. The summed E-state index contributed by atoms with van der Waals surface area (Å²) >= 11 is 0. The van der Waals surface area contributed by atoms with Crippen LogP contribution in [0.3, 0.4) is 0 Å². The number of ether oxygens (including phenoxy) is 2. The van der Waals surface area contributed by atoms with Gasteiger partial charge in [-0.25, -0.2) is 0 Å². The van der Waals surface area contributed by atoms with Crippen molar-refractivity contribution in [3.05, 3.63) is 0 Å². The van der Waals surface area contributed by atoms with Gasteiger partial charge in [-0.2, -0.15) is 17.2 Å². The third-order valence-electron chi connectivity index (χ3n) is 1.94. The van der Waals surface area contributed by atoms with Crippen LogP contribution in [0.15, 0.2) is 0 Å². The minimum absolute atomic E-state index is 0.128. The zero-order valence-electron chi connectivity index (χ0n) is 10.3. The van der Waals surface area contributed by atoms with E-state index in [2.05, 4.69) is 9.47 Å². The largest absolute Gasteiger partial charge is 0.466 e. The lowest BCUT2D eigenvalue weighted by Gasteiger charge is -2.23. The van der Waals surface area contributed by atoms with Crippen LogP contribution >= 0.6 is 0 Å². The third-order valence-corrected chi connectivity index (χ3v) is 2.81. The maximum absolute atomic E-state index is 12.8. The van der Waals surface area contributed by atoms with Crippen molar-refractivity contribution in [2.45, 2.75) is 26.0 Å². The van der Waals surface area contributed by atoms with E-state index < -0.39 is 40.0 Å². The first-order chi connectivity index (χ1) is 7.94. The minimum atomic E-state index is -5.53. The fourth-order valence-corrected chi connectivity index (χ4v) is 1.12. The Morgan fingerprint density at radius 3 is 2.17 bits per heavy atom. The van der Waals surface area contributed by atoms with Crippen molar-refractivity contribution in [1.82, 2.24) is 0 Å². The first-order valence-corrected chi connectivity index (χ1v) is 6.48. The lowest BCUT2D eigenvalue weighted by atomic mass is 9.95. The highest BCUT2D eigenvalue weighted by atomic mass is 32.2. The summed E-state index contributed by atoms with van der Waals surface area (Å²) in [7, 11) is -5.53. The monoisotopic (exact) mass is 290 g/mol. The van der Waals surface area contributed by atoms with Gasteiger partial charge in [-0.3, -0.25) is 9.35 Å². The Balaban J connectivity index is 4.40. The van der Waals surface area contributed by atoms with Gasteiger partial charge in [-0.05, 0) is 20.8 Å². The van der Waals surface area contributed by atoms with Gasteiger partial charge in [0, 0.05) is 0 Å². The normalized spacial score (nSPS) is 13.4. The maximum Gasteiger partial charge on any atom is 0.392 e. The molecule has 0 saturated heterocycles. The molecule has 18 heavy (non-hydrogen) atoms. The molecule has 9 heteroatoms. The van der Waals surface area contributed by atoms with Gasteiger partial charge in [0.2, 0.25) is 0 Å². The second kappa shape index (κ2) is 5.89. The van der Waals surface area contributed by atoms with Crippen molar-refractivity contribution < 1.29 is 36.0 Å². The standard InChI is InChI=1S/C9H16F2O6S/c1-4-17-7(12)8(2,3)5-16-6-9(10,11)18(13,14)15/h4-6H2,1-3H3,(H,13,14,15). The van der Waals surface area contributed by atoms with Crippen molar-refractivity contribution >= 4 is 16.1 Å². The van der Waals surface area contributed by atoms with E-state index in [0.717, 1.165) is 0 Å². The molecule has 0 aliphatic carbocycles. The second-order valence-corrected chi connectivity index (χ2v) is 5.76. The molecule has 0 radical (unpaired) electrons. The van der Waals surface area contributed by atoms with E-state index in [1.807, 2.05) is 0 Å². The smallest absolute Gasteiger partial charge is 0.392 e. The molecule has 0 spiro atoms. The van der Waals surface area contributed by atoms with E-state index in [4.69, 9.17) is 4.55 Å². The van der Waals surface area contributed by atoms with E-state index >= 15 is 0 Å². The number of rotatable bonds is 7. The van der Waals surface area contributed by atoms with Gasteiger partial charge >= 0.3 is 21.3 Å². The van der Waals surface area contributed by atoms with Gasteiger partial charge < -0.3 is 9.47 Å². The predicted molar refractivity (Wildman–Crippen MR) is 57.7 cm³/mol. The highest BCUT2D eigenvalue weighted by molar-refractivity contribution is 7.86. The Bertz CT molecular complexity index is 390. The summed E-state index contributed by atoms with van der Waals surface area (Å²) in [5, 5.41) is -4.41. The van der Waals surface area contributed by atoms with Crippen molar-refractivity contribution in [2.75, 3.05) is 19.8 Å². The highest BCUT2D eigenvalue weighted by Gasteiger charge is 2.45. The van der Waals surface area contributed by atoms with Gasteiger partial charge in [0.15, 0.2) is 0 Å². The zero-order chi connectivity index (χ0) is 14.6. The molecular weight excluding hydrogens is 274 g/mol. The summed E-state index contributed by atoms with van der Waals surface area (Å²) in [6.07, 6.45) is 0. The third kappa shape index (κ3) is 4.83. The summed E-state index contributed by atoms with van der Waals surface area (Å²) in [6.45, 7) is 2.52. The number of alkyl halides is 2. The Kier molecular flexibility index (Phi) is 5.63. The van der Waals surface area contributed by atoms with Crippen LogP contribution in [-0.4, -0.2) is 44.0 Å². The molecule has 0 heterocycles. The van der Waals surface area contributed by atoms with Crippen LogP contribution < -0.4 is 0 Å². The summed E-state index contributed by atoms with van der Waals surface area (Å²) in [6, 6.07) is 0. The summed E-state index contributed by atoms with van der Waals surface area (Å²) in [4.78, 5) is 11.4. The number of esters is 1. The maximum atomic E-state index is 12.8. The number of carbonyl (C=O) groups is 1. The topological polar surface area (TPSA) is 89.9 Å². The fraction of sp³-hybridized carbons (Fsp3) is 0.889. The molecule has 0 aliphatic heterocycles. The van der Waals surface area contributed by atoms with Crippen LogP contribution in [0.2, 0.25) is 0 Å². The second-order valence-electron chi connectivity index (χ2n) is 4.21. The first kappa shape index (κ1) is 17.2. The molecule has 0 aromatic rings. The van der Waals surface area contributed by atoms with Crippen molar-refractivity contribution in [2.24, 2.45) is 5.41 Å². The molecule has 0 aromatic heterocycles. The van der Waals surface area contributed by atoms with Crippen LogP contribution in [0.25, 0.3) is 0 Å². The number of hydrogen-bond acceptors (Lipinski definition) is 5. The Morgan fingerprint density at radius 2 is 1.78 bits per heavy atom. The quantitative estimate of drug-likeness (QED) is 0.557. The van der Waals surface area contributed by atoms with Crippen LogP contribution in [0.5, 0.6) is 0 Å². The van der Waals surface area contributed by atoms with E-state index in [1.165, 1.54) is 13.8 Å². The molecule has 0 rings (SSSR count). The summed E-state index contributed by atoms with van der Waals surface area (Å²) in [5.41, 5.74) is -1.19. The summed E-state index contributed by atoms with van der Waals surface area (Å²) in [5.74, 6) is -0.653. The highest BCUT2D eigenvalue weighted by Crippen LogP contribution is 2.23. The van der Waals surface area contributed by atoms with Crippen molar-refractivity contribution in [3.63, 3.8) is 0 Å². The molecule has 0 amide bonds. The van der Waals surface area contributed by atoms with Gasteiger partial charge in [0.25, 0.3) is 0 Å². The number of carbonyl (C=O) groups excluding carboxylic acids is 1. The first-order valence-electron chi connectivity index (χ1n) is 5.04. The van der Waals surface area contributed by atoms with Crippen LogP contribution in [0, 0.1) is 5.41 Å². The molecule has 0 fully saturated rings. The molecule has 108 valence electrons. The number of halogens is 2. The van der Waals surface area contributed by atoms with E-state index in [0.29, 0.717) is 0 Å².